The van der Waals surface area contributed by atoms with Crippen molar-refractivity contribution in [3.8, 4) is 5.82 Å². The number of halogens is 1. The fourth-order valence-electron chi connectivity index (χ4n) is 3.67. The Labute approximate surface area is 174 Å². The number of fused-ring (bicyclic) bond motifs is 1. The molecule has 1 aliphatic rings. The van der Waals surface area contributed by atoms with Crippen LogP contribution in [0.4, 0.5) is 0 Å². The molecule has 0 bridgehead atoms. The minimum Gasteiger partial charge on any atom is -0.350 e. The topological polar surface area (TPSA) is 90.5 Å². The molecule has 29 heavy (non-hydrogen) atoms. The molecule has 1 N–H and O–H groups in total. The molecule has 0 aromatic carbocycles. The quantitative estimate of drug-likeness (QED) is 0.694. The van der Waals surface area contributed by atoms with Gasteiger partial charge in [-0.25, -0.2) is 9.67 Å². The van der Waals surface area contributed by atoms with E-state index in [1.165, 1.54) is 6.42 Å². The van der Waals surface area contributed by atoms with Gasteiger partial charge in [0.05, 0.1) is 10.7 Å². The van der Waals surface area contributed by atoms with E-state index in [0.717, 1.165) is 48.8 Å². The SMILES string of the molecule is Cc1cc(C)n(-c2ccc(Cl)c(C(=O)NCCc3nnc4n3CCCCC4)n2)n1. The van der Waals surface area contributed by atoms with Crippen LogP contribution in [0.15, 0.2) is 18.2 Å². The van der Waals surface area contributed by atoms with Crippen molar-refractivity contribution in [3.63, 3.8) is 0 Å². The number of hydrogen-bond donors (Lipinski definition) is 1. The first-order valence-electron chi connectivity index (χ1n) is 9.92. The zero-order valence-electron chi connectivity index (χ0n) is 16.7. The van der Waals surface area contributed by atoms with E-state index in [1.807, 2.05) is 19.9 Å². The van der Waals surface area contributed by atoms with Gasteiger partial charge in [0, 0.05) is 31.6 Å². The Morgan fingerprint density at radius 2 is 2.07 bits per heavy atom. The fourth-order valence-corrected chi connectivity index (χ4v) is 3.86. The van der Waals surface area contributed by atoms with E-state index < -0.39 is 0 Å². The molecule has 152 valence electrons. The van der Waals surface area contributed by atoms with Crippen LogP contribution in [0.25, 0.3) is 5.82 Å². The zero-order valence-corrected chi connectivity index (χ0v) is 17.4. The summed E-state index contributed by atoms with van der Waals surface area (Å²) in [6.07, 6.45) is 5.11. The second-order valence-corrected chi connectivity index (χ2v) is 7.75. The number of pyridine rings is 1. The molecule has 0 aliphatic carbocycles. The summed E-state index contributed by atoms with van der Waals surface area (Å²) in [6.45, 7) is 5.25. The maximum Gasteiger partial charge on any atom is 0.271 e. The number of nitrogens with one attached hydrogen (secondary N) is 1. The van der Waals surface area contributed by atoms with Crippen LogP contribution in [-0.4, -0.2) is 42.0 Å². The summed E-state index contributed by atoms with van der Waals surface area (Å²) in [7, 11) is 0. The maximum atomic E-state index is 12.7. The molecule has 4 rings (SSSR count). The van der Waals surface area contributed by atoms with Crippen molar-refractivity contribution in [2.24, 2.45) is 0 Å². The number of aryl methyl sites for hydroxylation is 3. The number of carbonyl (C=O) groups is 1. The number of carbonyl (C=O) groups excluding carboxylic acids is 1. The average Bonchev–Trinajstić information content (AvgIpc) is 3.14. The lowest BCUT2D eigenvalue weighted by Gasteiger charge is -2.10. The van der Waals surface area contributed by atoms with Gasteiger partial charge in [-0.1, -0.05) is 18.0 Å². The molecule has 1 amide bonds. The van der Waals surface area contributed by atoms with E-state index >= 15 is 0 Å². The van der Waals surface area contributed by atoms with Gasteiger partial charge >= 0.3 is 0 Å². The first-order valence-corrected chi connectivity index (χ1v) is 10.3. The highest BCUT2D eigenvalue weighted by atomic mass is 35.5. The highest BCUT2D eigenvalue weighted by molar-refractivity contribution is 6.33. The predicted octanol–water partition coefficient (Wildman–Crippen LogP) is 2.83. The molecule has 8 nitrogen and oxygen atoms in total. The van der Waals surface area contributed by atoms with Crippen LogP contribution in [-0.2, 0) is 19.4 Å². The normalized spacial score (nSPS) is 13.8. The molecular weight excluding hydrogens is 390 g/mol. The van der Waals surface area contributed by atoms with Crippen molar-refractivity contribution in [2.45, 2.75) is 52.5 Å². The van der Waals surface area contributed by atoms with Crippen LogP contribution in [0.3, 0.4) is 0 Å². The standard InChI is InChI=1S/C20H24ClN7O/c1-13-12-14(2)28(26-13)16-8-7-15(21)19(23-16)20(29)22-10-9-18-25-24-17-6-4-3-5-11-27(17)18/h7-8,12H,3-6,9-11H2,1-2H3,(H,22,29). The zero-order chi connectivity index (χ0) is 20.4. The highest BCUT2D eigenvalue weighted by Crippen LogP contribution is 2.18. The largest absolute Gasteiger partial charge is 0.350 e. The smallest absolute Gasteiger partial charge is 0.271 e. The summed E-state index contributed by atoms with van der Waals surface area (Å²) in [5, 5.41) is 16.2. The summed E-state index contributed by atoms with van der Waals surface area (Å²) in [6, 6.07) is 5.38. The molecule has 0 atom stereocenters. The van der Waals surface area contributed by atoms with Gasteiger partial charge in [0.2, 0.25) is 0 Å². The van der Waals surface area contributed by atoms with Crippen LogP contribution in [0.1, 0.15) is 52.8 Å². The lowest BCUT2D eigenvalue weighted by molar-refractivity contribution is 0.0949. The second-order valence-electron chi connectivity index (χ2n) is 7.34. The minimum absolute atomic E-state index is 0.191. The van der Waals surface area contributed by atoms with Crippen molar-refractivity contribution in [2.75, 3.05) is 6.54 Å². The van der Waals surface area contributed by atoms with Crippen LogP contribution >= 0.6 is 11.6 Å². The van der Waals surface area contributed by atoms with E-state index in [-0.39, 0.29) is 11.6 Å². The van der Waals surface area contributed by atoms with Crippen molar-refractivity contribution in [3.05, 3.63) is 52.0 Å². The Hall–Kier alpha value is -2.74. The van der Waals surface area contributed by atoms with Gasteiger partial charge in [-0.05, 0) is 44.9 Å². The van der Waals surface area contributed by atoms with Gasteiger partial charge in [0.15, 0.2) is 5.82 Å². The maximum absolute atomic E-state index is 12.7. The van der Waals surface area contributed by atoms with E-state index in [9.17, 15) is 4.79 Å². The fraction of sp³-hybridized carbons (Fsp3) is 0.450. The third kappa shape index (κ3) is 4.17. The summed E-state index contributed by atoms with van der Waals surface area (Å²) in [5.74, 6) is 2.21. The first kappa shape index (κ1) is 19.6. The van der Waals surface area contributed by atoms with Crippen molar-refractivity contribution in [1.82, 2.24) is 34.8 Å². The molecule has 0 saturated heterocycles. The van der Waals surface area contributed by atoms with Gasteiger partial charge in [0.1, 0.15) is 17.3 Å². The Bertz CT molecular complexity index is 1040. The van der Waals surface area contributed by atoms with Crippen molar-refractivity contribution in [1.29, 1.82) is 0 Å². The monoisotopic (exact) mass is 413 g/mol. The summed E-state index contributed by atoms with van der Waals surface area (Å²) in [4.78, 5) is 17.1. The minimum atomic E-state index is -0.311. The van der Waals surface area contributed by atoms with Crippen molar-refractivity contribution >= 4 is 17.5 Å². The van der Waals surface area contributed by atoms with Gasteiger partial charge in [-0.3, -0.25) is 4.79 Å². The van der Waals surface area contributed by atoms with Gasteiger partial charge in [-0.2, -0.15) is 5.10 Å². The Morgan fingerprint density at radius 3 is 2.86 bits per heavy atom. The number of nitrogens with zero attached hydrogens (tertiary/aromatic N) is 6. The molecule has 9 heteroatoms. The molecule has 0 spiro atoms. The summed E-state index contributed by atoms with van der Waals surface area (Å²) in [5.41, 5.74) is 2.02. The Morgan fingerprint density at radius 1 is 1.21 bits per heavy atom. The third-order valence-corrected chi connectivity index (χ3v) is 5.40. The van der Waals surface area contributed by atoms with Gasteiger partial charge < -0.3 is 9.88 Å². The van der Waals surface area contributed by atoms with E-state index in [1.54, 1.807) is 16.8 Å². The molecule has 0 radical (unpaired) electrons. The molecule has 0 unspecified atom stereocenters. The number of hydrogen-bond acceptors (Lipinski definition) is 5. The van der Waals surface area contributed by atoms with Gasteiger partial charge in [0.25, 0.3) is 5.91 Å². The highest BCUT2D eigenvalue weighted by Gasteiger charge is 2.17. The summed E-state index contributed by atoms with van der Waals surface area (Å²) < 4.78 is 3.89. The molecular formula is C20H24ClN7O. The lowest BCUT2D eigenvalue weighted by atomic mass is 10.2. The van der Waals surface area contributed by atoms with Crippen molar-refractivity contribution < 1.29 is 4.79 Å². The van der Waals surface area contributed by atoms with E-state index in [2.05, 4.69) is 30.2 Å². The Kier molecular flexibility index (Phi) is 5.62. The molecule has 0 saturated carbocycles. The molecule has 1 aliphatic heterocycles. The van der Waals surface area contributed by atoms with Crippen LogP contribution in [0.5, 0.6) is 0 Å². The Balaban J connectivity index is 1.44. The van der Waals surface area contributed by atoms with Gasteiger partial charge in [-0.15, -0.1) is 10.2 Å². The number of amides is 1. The number of aromatic nitrogens is 6. The lowest BCUT2D eigenvalue weighted by Crippen LogP contribution is -2.28. The first-order chi connectivity index (χ1) is 14.0. The molecule has 3 aromatic heterocycles. The summed E-state index contributed by atoms with van der Waals surface area (Å²) >= 11 is 6.24. The molecule has 3 aromatic rings. The van der Waals surface area contributed by atoms with E-state index in [4.69, 9.17) is 11.6 Å². The van der Waals surface area contributed by atoms with E-state index in [0.29, 0.717) is 23.8 Å². The third-order valence-electron chi connectivity index (χ3n) is 5.09. The van der Waals surface area contributed by atoms with Crippen LogP contribution in [0.2, 0.25) is 5.02 Å². The molecule has 4 heterocycles. The van der Waals surface area contributed by atoms with Crippen LogP contribution < -0.4 is 5.32 Å². The predicted molar refractivity (Wildman–Crippen MR) is 109 cm³/mol. The van der Waals surface area contributed by atoms with Crippen LogP contribution in [0, 0.1) is 13.8 Å². The second kappa shape index (κ2) is 8.32. The average molecular weight is 414 g/mol. The molecule has 0 fully saturated rings. The number of rotatable bonds is 5.